The maximum Gasteiger partial charge on any atom is 0.236 e. The van der Waals surface area contributed by atoms with Crippen LogP contribution in [0.15, 0.2) is 24.5 Å². The van der Waals surface area contributed by atoms with Crippen molar-refractivity contribution >= 4 is 5.91 Å². The Labute approximate surface area is 115 Å². The fourth-order valence-corrected chi connectivity index (χ4v) is 2.07. The normalized spacial score (nSPS) is 14.2. The molecule has 0 spiro atoms. The van der Waals surface area contributed by atoms with Crippen LogP contribution in [-0.4, -0.2) is 54.4 Å². The lowest BCUT2D eigenvalue weighted by Crippen LogP contribution is -2.43. The fraction of sp³-hybridized carbons (Fsp3) is 0.571. The highest BCUT2D eigenvalue weighted by Crippen LogP contribution is 2.23. The third kappa shape index (κ3) is 4.29. The first-order valence-electron chi connectivity index (χ1n) is 6.53. The lowest BCUT2D eigenvalue weighted by Gasteiger charge is -2.32. The van der Waals surface area contributed by atoms with E-state index in [0.717, 1.165) is 12.0 Å². The first-order valence-corrected chi connectivity index (χ1v) is 6.53. The van der Waals surface area contributed by atoms with Gasteiger partial charge in [0.2, 0.25) is 5.91 Å². The van der Waals surface area contributed by atoms with E-state index in [4.69, 9.17) is 5.73 Å². The second kappa shape index (κ2) is 7.21. The van der Waals surface area contributed by atoms with Gasteiger partial charge in [0.25, 0.3) is 0 Å². The third-order valence-electron chi connectivity index (χ3n) is 3.28. The molecule has 0 bridgehead atoms. The van der Waals surface area contributed by atoms with Crippen LogP contribution in [0.25, 0.3) is 0 Å². The molecule has 0 aromatic carbocycles. The van der Waals surface area contributed by atoms with E-state index < -0.39 is 0 Å². The largest absolute Gasteiger partial charge is 0.348 e. The number of carbonyl (C=O) groups is 1. The van der Waals surface area contributed by atoms with Crippen LogP contribution in [-0.2, 0) is 4.79 Å². The molecule has 1 amide bonds. The zero-order chi connectivity index (χ0) is 14.4. The monoisotopic (exact) mass is 264 g/mol. The first kappa shape index (κ1) is 15.6. The van der Waals surface area contributed by atoms with E-state index in [1.165, 1.54) is 0 Å². The molecule has 0 fully saturated rings. The summed E-state index contributed by atoms with van der Waals surface area (Å²) in [5, 5.41) is 0. The quantitative estimate of drug-likeness (QED) is 0.828. The summed E-state index contributed by atoms with van der Waals surface area (Å²) in [5.74, 6) is 0.0739. The van der Waals surface area contributed by atoms with E-state index in [0.29, 0.717) is 6.54 Å². The topological polar surface area (TPSA) is 62.5 Å². The van der Waals surface area contributed by atoms with Crippen LogP contribution in [0.3, 0.4) is 0 Å². The summed E-state index contributed by atoms with van der Waals surface area (Å²) in [5.41, 5.74) is 7.31. The Morgan fingerprint density at radius 3 is 2.37 bits per heavy atom. The summed E-state index contributed by atoms with van der Waals surface area (Å²) in [4.78, 5) is 19.5. The van der Waals surface area contributed by atoms with Crippen LogP contribution < -0.4 is 5.73 Å². The molecule has 1 aromatic rings. The van der Waals surface area contributed by atoms with Crippen molar-refractivity contribution < 1.29 is 4.79 Å². The average Bonchev–Trinajstić information content (AvgIpc) is 2.39. The lowest BCUT2D eigenvalue weighted by atomic mass is 9.97. The van der Waals surface area contributed by atoms with Crippen LogP contribution in [0.5, 0.6) is 0 Å². The molecule has 0 saturated heterocycles. The summed E-state index contributed by atoms with van der Waals surface area (Å²) < 4.78 is 0. The van der Waals surface area contributed by atoms with Gasteiger partial charge in [-0.2, -0.15) is 0 Å². The third-order valence-corrected chi connectivity index (χ3v) is 3.28. The van der Waals surface area contributed by atoms with Gasteiger partial charge in [-0.15, -0.1) is 0 Å². The molecular weight excluding hydrogens is 240 g/mol. The van der Waals surface area contributed by atoms with Crippen molar-refractivity contribution in [1.82, 2.24) is 14.8 Å². The molecule has 1 heterocycles. The second-order valence-electron chi connectivity index (χ2n) is 5.00. The van der Waals surface area contributed by atoms with Gasteiger partial charge in [-0.3, -0.25) is 14.7 Å². The minimum Gasteiger partial charge on any atom is -0.348 e. The van der Waals surface area contributed by atoms with Gasteiger partial charge in [0.15, 0.2) is 0 Å². The number of amides is 1. The molecule has 2 atom stereocenters. The highest BCUT2D eigenvalue weighted by Gasteiger charge is 2.24. The number of aromatic nitrogens is 1. The maximum absolute atomic E-state index is 11.8. The highest BCUT2D eigenvalue weighted by molar-refractivity contribution is 5.77. The van der Waals surface area contributed by atoms with Gasteiger partial charge < -0.3 is 10.6 Å². The number of likely N-dealkylation sites (N-methyl/N-ethyl adjacent to an activating group) is 2. The zero-order valence-corrected chi connectivity index (χ0v) is 12.2. The Bertz CT molecular complexity index is 394. The summed E-state index contributed by atoms with van der Waals surface area (Å²) in [6, 6.07) is 3.92. The Hall–Kier alpha value is -1.46. The van der Waals surface area contributed by atoms with Crippen LogP contribution in [0.1, 0.15) is 24.9 Å². The molecule has 2 unspecified atom stereocenters. The van der Waals surface area contributed by atoms with Gasteiger partial charge >= 0.3 is 0 Å². The SMILES string of the molecule is CCC(N)C(c1ccncc1)N(C)CC(=O)N(C)C. The Balaban J connectivity index is 2.89. The van der Waals surface area contributed by atoms with Crippen molar-refractivity contribution in [3.8, 4) is 0 Å². The zero-order valence-electron chi connectivity index (χ0n) is 12.2. The van der Waals surface area contributed by atoms with E-state index in [9.17, 15) is 4.79 Å². The van der Waals surface area contributed by atoms with E-state index in [1.54, 1.807) is 31.4 Å². The molecule has 2 N–H and O–H groups in total. The standard InChI is InChI=1S/C14H24N4O/c1-5-12(15)14(11-6-8-16-9-7-11)18(4)10-13(19)17(2)3/h6-9,12,14H,5,10,15H2,1-4H3. The van der Waals surface area contributed by atoms with E-state index >= 15 is 0 Å². The molecule has 0 aliphatic heterocycles. The van der Waals surface area contributed by atoms with Crippen LogP contribution >= 0.6 is 0 Å². The number of hydrogen-bond acceptors (Lipinski definition) is 4. The van der Waals surface area contributed by atoms with Crippen molar-refractivity contribution in [2.75, 3.05) is 27.7 Å². The predicted molar refractivity (Wildman–Crippen MR) is 76.6 cm³/mol. The molecule has 0 radical (unpaired) electrons. The van der Waals surface area contributed by atoms with Gasteiger partial charge in [-0.25, -0.2) is 0 Å². The number of rotatable bonds is 6. The van der Waals surface area contributed by atoms with Gasteiger partial charge in [0, 0.05) is 32.5 Å². The molecule has 0 saturated carbocycles. The van der Waals surface area contributed by atoms with Gasteiger partial charge in [0.05, 0.1) is 12.6 Å². The Morgan fingerprint density at radius 1 is 1.32 bits per heavy atom. The molecule has 5 heteroatoms. The molecule has 5 nitrogen and oxygen atoms in total. The minimum absolute atomic E-state index is 0.0117. The number of hydrogen-bond donors (Lipinski definition) is 1. The maximum atomic E-state index is 11.8. The summed E-state index contributed by atoms with van der Waals surface area (Å²) in [6.45, 7) is 2.41. The van der Waals surface area contributed by atoms with Crippen LogP contribution in [0, 0.1) is 0 Å². The van der Waals surface area contributed by atoms with E-state index in [-0.39, 0.29) is 18.0 Å². The molecule has 0 aliphatic rings. The number of nitrogens with zero attached hydrogens (tertiary/aromatic N) is 3. The van der Waals surface area contributed by atoms with Crippen molar-refractivity contribution in [2.24, 2.45) is 5.73 Å². The minimum atomic E-state index is -0.0117. The predicted octanol–water partition coefficient (Wildman–Crippen LogP) is 0.880. The molecule has 19 heavy (non-hydrogen) atoms. The van der Waals surface area contributed by atoms with Crippen LogP contribution in [0.2, 0.25) is 0 Å². The van der Waals surface area contributed by atoms with E-state index in [2.05, 4.69) is 11.9 Å². The smallest absolute Gasteiger partial charge is 0.236 e. The fourth-order valence-electron chi connectivity index (χ4n) is 2.07. The summed E-state index contributed by atoms with van der Waals surface area (Å²) >= 11 is 0. The number of pyridine rings is 1. The lowest BCUT2D eigenvalue weighted by molar-refractivity contribution is -0.130. The number of nitrogens with two attached hydrogens (primary N) is 1. The van der Waals surface area contributed by atoms with Gasteiger partial charge in [-0.1, -0.05) is 6.92 Å². The number of carbonyl (C=O) groups excluding carboxylic acids is 1. The van der Waals surface area contributed by atoms with Crippen LogP contribution in [0.4, 0.5) is 0 Å². The molecule has 0 aliphatic carbocycles. The van der Waals surface area contributed by atoms with Crippen molar-refractivity contribution in [1.29, 1.82) is 0 Å². The molecule has 1 rings (SSSR count). The molecule has 1 aromatic heterocycles. The molecular formula is C14H24N4O. The van der Waals surface area contributed by atoms with Gasteiger partial charge in [0.1, 0.15) is 0 Å². The van der Waals surface area contributed by atoms with Gasteiger partial charge in [-0.05, 0) is 31.2 Å². The summed E-state index contributed by atoms with van der Waals surface area (Å²) in [7, 11) is 5.46. The van der Waals surface area contributed by atoms with Crippen molar-refractivity contribution in [3.05, 3.63) is 30.1 Å². The average molecular weight is 264 g/mol. The first-order chi connectivity index (χ1) is 8.97. The van der Waals surface area contributed by atoms with Crippen molar-refractivity contribution in [3.63, 3.8) is 0 Å². The van der Waals surface area contributed by atoms with Crippen molar-refractivity contribution in [2.45, 2.75) is 25.4 Å². The summed E-state index contributed by atoms with van der Waals surface area (Å²) in [6.07, 6.45) is 4.37. The second-order valence-corrected chi connectivity index (χ2v) is 5.00. The molecule has 106 valence electrons. The Morgan fingerprint density at radius 2 is 1.89 bits per heavy atom. The Kier molecular flexibility index (Phi) is 5.92. The van der Waals surface area contributed by atoms with E-state index in [1.807, 2.05) is 24.1 Å². The highest BCUT2D eigenvalue weighted by atomic mass is 16.2.